The van der Waals surface area contributed by atoms with Gasteiger partial charge in [0.15, 0.2) is 0 Å². The average molecular weight is 433 g/mol. The summed E-state index contributed by atoms with van der Waals surface area (Å²) < 4.78 is 14.0. The molecule has 2 N–H and O–H groups in total. The van der Waals surface area contributed by atoms with Crippen molar-refractivity contribution in [1.29, 1.82) is 0 Å². The number of rotatable bonds is 5. The molecule has 1 saturated heterocycles. The van der Waals surface area contributed by atoms with E-state index >= 15 is 0 Å². The van der Waals surface area contributed by atoms with Crippen LogP contribution in [0.2, 0.25) is 5.02 Å². The van der Waals surface area contributed by atoms with Gasteiger partial charge in [-0.25, -0.2) is 4.39 Å². The van der Waals surface area contributed by atoms with E-state index in [-0.39, 0.29) is 23.9 Å². The van der Waals surface area contributed by atoms with Crippen molar-refractivity contribution < 1.29 is 18.8 Å². The van der Waals surface area contributed by atoms with E-state index in [1.54, 1.807) is 4.90 Å². The molecule has 1 aliphatic heterocycles. The zero-order valence-corrected chi connectivity index (χ0v) is 17.2. The Labute approximate surface area is 178 Å². The number of carbonyl (C=O) groups excluding carboxylic acids is 3. The molecule has 2 aromatic rings. The number of carbonyl (C=O) groups is 3. The molecule has 3 rings (SSSR count). The summed E-state index contributed by atoms with van der Waals surface area (Å²) in [4.78, 5) is 39.7. The van der Waals surface area contributed by atoms with Crippen LogP contribution in [0.4, 0.5) is 15.8 Å². The molecule has 0 spiro atoms. The van der Waals surface area contributed by atoms with E-state index in [1.165, 1.54) is 19.1 Å². The normalized spacial score (nSPS) is 13.7. The maximum atomic E-state index is 14.0. The minimum atomic E-state index is -0.731. The maximum absolute atomic E-state index is 14.0. The molecule has 2 aromatic carbocycles. The Morgan fingerprint density at radius 2 is 1.70 bits per heavy atom. The van der Waals surface area contributed by atoms with Crippen LogP contribution >= 0.6 is 11.6 Å². The Hall–Kier alpha value is -3.13. The van der Waals surface area contributed by atoms with Crippen molar-refractivity contribution in [3.8, 4) is 0 Å². The van der Waals surface area contributed by atoms with Crippen molar-refractivity contribution in [2.45, 2.75) is 6.92 Å². The van der Waals surface area contributed by atoms with Crippen LogP contribution in [-0.4, -0.2) is 55.3 Å². The minimum absolute atomic E-state index is 0.233. The first-order valence-corrected chi connectivity index (χ1v) is 9.85. The van der Waals surface area contributed by atoms with Crippen LogP contribution in [0, 0.1) is 5.82 Å². The van der Waals surface area contributed by atoms with Crippen LogP contribution in [0.15, 0.2) is 42.5 Å². The molecule has 1 heterocycles. The molecule has 3 amide bonds. The lowest BCUT2D eigenvalue weighted by Crippen LogP contribution is -2.51. The molecule has 0 radical (unpaired) electrons. The summed E-state index contributed by atoms with van der Waals surface area (Å²) in [5.74, 6) is -2.02. The Morgan fingerprint density at radius 1 is 1.03 bits per heavy atom. The summed E-state index contributed by atoms with van der Waals surface area (Å²) in [6, 6.07) is 11.2. The van der Waals surface area contributed by atoms with E-state index in [2.05, 4.69) is 15.5 Å². The van der Waals surface area contributed by atoms with Gasteiger partial charge in [0.25, 0.3) is 5.91 Å². The third-order valence-corrected chi connectivity index (χ3v) is 5.01. The number of hydrogen-bond donors (Lipinski definition) is 2. The van der Waals surface area contributed by atoms with Crippen molar-refractivity contribution in [1.82, 2.24) is 10.2 Å². The first-order chi connectivity index (χ1) is 14.3. The second-order valence-corrected chi connectivity index (χ2v) is 7.34. The Bertz CT molecular complexity index is 944. The summed E-state index contributed by atoms with van der Waals surface area (Å²) >= 11 is 5.91. The van der Waals surface area contributed by atoms with E-state index in [0.717, 1.165) is 11.8 Å². The highest BCUT2D eigenvalue weighted by Gasteiger charge is 2.22. The highest BCUT2D eigenvalue weighted by Crippen LogP contribution is 2.19. The van der Waals surface area contributed by atoms with Crippen molar-refractivity contribution in [2.75, 3.05) is 42.9 Å². The van der Waals surface area contributed by atoms with Gasteiger partial charge in [-0.1, -0.05) is 11.6 Å². The lowest BCUT2D eigenvalue weighted by molar-refractivity contribution is -0.130. The van der Waals surface area contributed by atoms with Gasteiger partial charge < -0.3 is 20.4 Å². The molecule has 0 aromatic heterocycles. The third kappa shape index (κ3) is 5.48. The molecule has 158 valence electrons. The Morgan fingerprint density at radius 3 is 2.33 bits per heavy atom. The smallest absolute Gasteiger partial charge is 0.254 e. The number of anilines is 2. The van der Waals surface area contributed by atoms with E-state index in [4.69, 9.17) is 11.6 Å². The number of nitrogens with zero attached hydrogens (tertiary/aromatic N) is 2. The van der Waals surface area contributed by atoms with Crippen LogP contribution in [0.3, 0.4) is 0 Å². The number of benzene rings is 2. The van der Waals surface area contributed by atoms with Gasteiger partial charge in [-0.05, 0) is 42.5 Å². The quantitative estimate of drug-likeness (QED) is 0.760. The van der Waals surface area contributed by atoms with Gasteiger partial charge in [-0.2, -0.15) is 0 Å². The monoisotopic (exact) mass is 432 g/mol. The summed E-state index contributed by atoms with van der Waals surface area (Å²) in [5, 5.41) is 5.62. The molecule has 30 heavy (non-hydrogen) atoms. The molecule has 0 saturated carbocycles. The third-order valence-electron chi connectivity index (χ3n) is 4.76. The fourth-order valence-corrected chi connectivity index (χ4v) is 3.34. The van der Waals surface area contributed by atoms with Crippen LogP contribution in [0.25, 0.3) is 0 Å². The summed E-state index contributed by atoms with van der Waals surface area (Å²) in [6.07, 6.45) is 0. The molecule has 0 aliphatic carbocycles. The molecule has 9 heteroatoms. The summed E-state index contributed by atoms with van der Waals surface area (Å²) in [6.45, 7) is 3.44. The van der Waals surface area contributed by atoms with Gasteiger partial charge >= 0.3 is 0 Å². The van der Waals surface area contributed by atoms with Gasteiger partial charge in [-0.3, -0.25) is 14.4 Å². The molecular formula is C21H22ClFN4O3. The maximum Gasteiger partial charge on any atom is 0.254 e. The van der Waals surface area contributed by atoms with Crippen LogP contribution < -0.4 is 15.5 Å². The van der Waals surface area contributed by atoms with Gasteiger partial charge in [0.1, 0.15) is 5.82 Å². The Balaban J connectivity index is 1.52. The molecule has 7 nitrogen and oxygen atoms in total. The van der Waals surface area contributed by atoms with Crippen LogP contribution in [0.5, 0.6) is 0 Å². The number of piperazine rings is 1. The summed E-state index contributed by atoms with van der Waals surface area (Å²) in [7, 11) is 0. The number of hydrogen-bond acceptors (Lipinski definition) is 4. The zero-order chi connectivity index (χ0) is 21.7. The van der Waals surface area contributed by atoms with Crippen molar-refractivity contribution in [2.24, 2.45) is 0 Å². The minimum Gasteiger partial charge on any atom is -0.368 e. The summed E-state index contributed by atoms with van der Waals surface area (Å²) in [5.41, 5.74) is 1.11. The van der Waals surface area contributed by atoms with Crippen molar-refractivity contribution >= 4 is 40.7 Å². The second-order valence-electron chi connectivity index (χ2n) is 6.90. The first kappa shape index (κ1) is 21.6. The second kappa shape index (κ2) is 9.58. The number of halogens is 2. The molecule has 1 fully saturated rings. The fourth-order valence-electron chi connectivity index (χ4n) is 3.21. The van der Waals surface area contributed by atoms with Crippen molar-refractivity contribution in [3.05, 3.63) is 58.9 Å². The lowest BCUT2D eigenvalue weighted by atomic mass is 10.1. The van der Waals surface area contributed by atoms with E-state index in [9.17, 15) is 18.8 Å². The predicted molar refractivity (Wildman–Crippen MR) is 113 cm³/mol. The fraction of sp³-hybridized carbons (Fsp3) is 0.286. The SMILES string of the molecule is CC(=O)Nc1ccc(F)c(C(=O)NCC(=O)N2CCN(c3ccc(Cl)cc3)CC2)c1. The molecule has 1 aliphatic rings. The number of amides is 3. The number of nitrogens with one attached hydrogen (secondary N) is 2. The van der Waals surface area contributed by atoms with E-state index in [0.29, 0.717) is 36.9 Å². The first-order valence-electron chi connectivity index (χ1n) is 9.47. The molecule has 0 atom stereocenters. The highest BCUT2D eigenvalue weighted by molar-refractivity contribution is 6.30. The largest absolute Gasteiger partial charge is 0.368 e. The zero-order valence-electron chi connectivity index (χ0n) is 16.5. The van der Waals surface area contributed by atoms with Gasteiger partial charge in [-0.15, -0.1) is 0 Å². The van der Waals surface area contributed by atoms with Crippen LogP contribution in [-0.2, 0) is 9.59 Å². The molecule has 0 unspecified atom stereocenters. The molecular weight excluding hydrogens is 411 g/mol. The lowest BCUT2D eigenvalue weighted by Gasteiger charge is -2.36. The van der Waals surface area contributed by atoms with Crippen molar-refractivity contribution in [3.63, 3.8) is 0 Å². The van der Waals surface area contributed by atoms with Gasteiger partial charge in [0.2, 0.25) is 11.8 Å². The Kier molecular flexibility index (Phi) is 6.89. The van der Waals surface area contributed by atoms with Crippen LogP contribution in [0.1, 0.15) is 17.3 Å². The van der Waals surface area contributed by atoms with E-state index < -0.39 is 11.7 Å². The molecule has 0 bridgehead atoms. The standard InChI is InChI=1S/C21H22ClFN4O3/c1-14(28)25-16-4-7-19(23)18(12-16)21(30)24-13-20(29)27-10-8-26(9-11-27)17-5-2-15(22)3-6-17/h2-7,12H,8-11,13H2,1H3,(H,24,30)(H,25,28). The van der Waals surface area contributed by atoms with Gasteiger partial charge in [0, 0.05) is 49.5 Å². The predicted octanol–water partition coefficient (Wildman–Crippen LogP) is 2.52. The highest BCUT2D eigenvalue weighted by atomic mass is 35.5. The average Bonchev–Trinajstić information content (AvgIpc) is 2.73. The topological polar surface area (TPSA) is 81.8 Å². The van der Waals surface area contributed by atoms with Gasteiger partial charge in [0.05, 0.1) is 12.1 Å². The van der Waals surface area contributed by atoms with E-state index in [1.807, 2.05) is 24.3 Å².